The minimum atomic E-state index is 0.240. The zero-order valence-electron chi connectivity index (χ0n) is 17.8. The number of hydrogen-bond donors (Lipinski definition) is 1. The van der Waals surface area contributed by atoms with Crippen molar-refractivity contribution in [3.8, 4) is 17.1 Å². The third-order valence-corrected chi connectivity index (χ3v) is 6.02. The quantitative estimate of drug-likeness (QED) is 0.612. The third kappa shape index (κ3) is 4.24. The number of hydrogen-bond acceptors (Lipinski definition) is 4. The van der Waals surface area contributed by atoms with E-state index in [-0.39, 0.29) is 6.04 Å². The topological polar surface area (TPSA) is 53.8 Å². The van der Waals surface area contributed by atoms with Crippen molar-refractivity contribution in [3.05, 3.63) is 53.4 Å². The summed E-state index contributed by atoms with van der Waals surface area (Å²) in [5, 5.41) is 4.92. The highest BCUT2D eigenvalue weighted by Crippen LogP contribution is 2.24. The van der Waals surface area contributed by atoms with E-state index in [2.05, 4.69) is 40.4 Å². The molecule has 7 nitrogen and oxygen atoms in total. The summed E-state index contributed by atoms with van der Waals surface area (Å²) in [6, 6.07) is 14.5. The van der Waals surface area contributed by atoms with Crippen molar-refractivity contribution in [2.24, 2.45) is 0 Å². The lowest BCUT2D eigenvalue weighted by Gasteiger charge is -2.28. The maximum Gasteiger partial charge on any atom is 0.274 e. The highest BCUT2D eigenvalue weighted by molar-refractivity contribution is 7.71. The number of benzene rings is 1. The summed E-state index contributed by atoms with van der Waals surface area (Å²) in [6.45, 7) is 9.22. The molecule has 0 spiro atoms. The van der Waals surface area contributed by atoms with Crippen molar-refractivity contribution in [2.45, 2.75) is 26.6 Å². The number of H-pyrrole nitrogens is 1. The van der Waals surface area contributed by atoms with Gasteiger partial charge in [-0.2, -0.15) is 4.68 Å². The fourth-order valence-electron chi connectivity index (χ4n) is 3.94. The summed E-state index contributed by atoms with van der Waals surface area (Å²) < 4.78 is 10.2. The predicted molar refractivity (Wildman–Crippen MR) is 119 cm³/mol. The number of aromatic nitrogens is 4. The lowest BCUT2D eigenvalue weighted by atomic mass is 10.2. The number of ether oxygens (including phenoxy) is 1. The molecule has 0 saturated carbocycles. The Bertz CT molecular complexity index is 1020. The molecular weight excluding hydrogens is 396 g/mol. The van der Waals surface area contributed by atoms with E-state index < -0.39 is 0 Å². The first kappa shape index (κ1) is 20.6. The molecule has 0 atom stereocenters. The number of nitrogens with one attached hydrogen (secondary N) is 2. The molecule has 4 rings (SSSR count). The molecule has 2 aromatic heterocycles. The molecule has 0 bridgehead atoms. The van der Waals surface area contributed by atoms with Crippen LogP contribution in [0, 0.1) is 4.77 Å². The lowest BCUT2D eigenvalue weighted by molar-refractivity contribution is -0.924. The summed E-state index contributed by atoms with van der Waals surface area (Å²) in [5.74, 6) is 2.93. The monoisotopic (exact) mass is 426 g/mol. The Balaban J connectivity index is 1.51. The van der Waals surface area contributed by atoms with E-state index in [1.165, 1.54) is 10.7 Å². The number of anilines is 1. The summed E-state index contributed by atoms with van der Waals surface area (Å²) >= 11 is 5.82. The molecule has 30 heavy (non-hydrogen) atoms. The smallest absolute Gasteiger partial charge is 0.274 e. The van der Waals surface area contributed by atoms with Gasteiger partial charge in [0.2, 0.25) is 4.77 Å². The maximum atomic E-state index is 5.82. The predicted octanol–water partition coefficient (Wildman–Crippen LogP) is 1.85. The Labute approximate surface area is 182 Å². The Hall–Kier alpha value is -2.71. The van der Waals surface area contributed by atoms with Crippen molar-refractivity contribution in [1.82, 2.24) is 14.3 Å². The number of quaternary nitrogens is 1. The van der Waals surface area contributed by atoms with Crippen molar-refractivity contribution in [3.63, 3.8) is 0 Å². The van der Waals surface area contributed by atoms with E-state index in [4.69, 9.17) is 22.1 Å². The summed E-state index contributed by atoms with van der Waals surface area (Å²) in [7, 11) is 1.68. The molecule has 1 saturated heterocycles. The molecule has 0 aliphatic carbocycles. The first-order valence-electron chi connectivity index (χ1n) is 10.5. The van der Waals surface area contributed by atoms with Crippen molar-refractivity contribution in [2.75, 3.05) is 38.2 Å². The number of methoxy groups -OCH3 is 1. The Morgan fingerprint density at radius 2 is 1.87 bits per heavy atom. The van der Waals surface area contributed by atoms with E-state index in [0.29, 0.717) is 0 Å². The van der Waals surface area contributed by atoms with Crippen LogP contribution in [0.1, 0.15) is 19.9 Å². The van der Waals surface area contributed by atoms with Gasteiger partial charge >= 0.3 is 0 Å². The number of rotatable bonds is 6. The van der Waals surface area contributed by atoms with Crippen LogP contribution in [-0.2, 0) is 6.67 Å². The maximum absolute atomic E-state index is 5.82. The average molecular weight is 427 g/mol. The van der Waals surface area contributed by atoms with Crippen LogP contribution in [0.4, 0.5) is 5.82 Å². The largest absolute Gasteiger partial charge is 0.497 e. The number of aromatic amines is 1. The molecule has 3 heterocycles. The minimum Gasteiger partial charge on any atom is -0.497 e. The average Bonchev–Trinajstić information content (AvgIpc) is 3.11. The van der Waals surface area contributed by atoms with Crippen LogP contribution in [-0.4, -0.2) is 47.6 Å². The van der Waals surface area contributed by atoms with Crippen LogP contribution in [0.15, 0.2) is 48.7 Å². The van der Waals surface area contributed by atoms with Crippen LogP contribution in [0.3, 0.4) is 0 Å². The van der Waals surface area contributed by atoms with Gasteiger partial charge in [0, 0.05) is 17.7 Å². The summed E-state index contributed by atoms with van der Waals surface area (Å²) in [5.41, 5.74) is 1.05. The third-order valence-electron chi connectivity index (χ3n) is 5.61. The molecule has 2 N–H and O–H groups in total. The second-order valence-corrected chi connectivity index (χ2v) is 8.31. The van der Waals surface area contributed by atoms with Crippen molar-refractivity contribution >= 4 is 18.0 Å². The van der Waals surface area contributed by atoms with Crippen LogP contribution in [0.2, 0.25) is 0 Å². The lowest BCUT2D eigenvalue weighted by Crippen LogP contribution is -3.14. The number of piperazine rings is 1. The molecule has 1 fully saturated rings. The van der Waals surface area contributed by atoms with Crippen molar-refractivity contribution < 1.29 is 14.6 Å². The second kappa shape index (κ2) is 8.97. The molecular formula is C22H30N6OS+2. The molecule has 0 amide bonds. The standard InChI is InChI=1S/C22H28N6OS/c1-17(2)28-21(18-7-9-19(29-3)10-8-18)24-27(22(28)30)16-25-12-14-26(15-13-25)20-6-4-5-11-23-20/h4-11,17H,12-16H2,1-3H3/p+2. The van der Waals surface area contributed by atoms with E-state index in [1.807, 2.05) is 41.2 Å². The second-order valence-electron chi connectivity index (χ2n) is 7.94. The first-order valence-corrected chi connectivity index (χ1v) is 10.9. The zero-order chi connectivity index (χ0) is 21.1. The van der Waals surface area contributed by atoms with Crippen LogP contribution >= 0.6 is 12.2 Å². The van der Waals surface area contributed by atoms with Gasteiger partial charge in [-0.25, -0.2) is 4.98 Å². The molecule has 1 aromatic carbocycles. The van der Waals surface area contributed by atoms with E-state index in [1.54, 1.807) is 7.11 Å². The van der Waals surface area contributed by atoms with Gasteiger partial charge in [-0.1, -0.05) is 6.07 Å². The fraction of sp³-hybridized carbons (Fsp3) is 0.409. The highest BCUT2D eigenvalue weighted by Gasteiger charge is 2.27. The Kier molecular flexibility index (Phi) is 6.15. The molecule has 158 valence electrons. The molecule has 0 radical (unpaired) electrons. The summed E-state index contributed by atoms with van der Waals surface area (Å²) in [4.78, 5) is 7.23. The van der Waals surface area contributed by atoms with Gasteiger partial charge in [0.25, 0.3) is 5.82 Å². The Morgan fingerprint density at radius 1 is 1.13 bits per heavy atom. The first-order chi connectivity index (χ1) is 14.6. The van der Waals surface area contributed by atoms with Gasteiger partial charge in [0.05, 0.1) is 13.3 Å². The molecule has 8 heteroatoms. The molecule has 3 aromatic rings. The summed E-state index contributed by atoms with van der Waals surface area (Å²) in [6.07, 6.45) is 1.98. The number of pyridine rings is 1. The number of nitrogens with zero attached hydrogens (tertiary/aromatic N) is 4. The minimum absolute atomic E-state index is 0.240. The SMILES string of the molecule is COc1ccc(-c2nn(C[NH+]3CCN(c4cccc[nH+]4)CC3)c(=S)n2C(C)C)cc1. The van der Waals surface area contributed by atoms with Crippen molar-refractivity contribution in [1.29, 1.82) is 0 Å². The zero-order valence-corrected chi connectivity index (χ0v) is 18.7. The van der Waals surface area contributed by atoms with Gasteiger partial charge in [-0.05, 0) is 56.4 Å². The van der Waals surface area contributed by atoms with E-state index in [9.17, 15) is 0 Å². The normalized spacial score (nSPS) is 15.0. The molecule has 1 aliphatic rings. The van der Waals surface area contributed by atoms with Crippen LogP contribution in [0.5, 0.6) is 5.75 Å². The van der Waals surface area contributed by atoms with E-state index in [0.717, 1.165) is 54.8 Å². The van der Waals surface area contributed by atoms with Gasteiger partial charge < -0.3 is 9.64 Å². The highest BCUT2D eigenvalue weighted by atomic mass is 32.1. The Morgan fingerprint density at radius 3 is 2.47 bits per heavy atom. The van der Waals surface area contributed by atoms with Gasteiger partial charge in [-0.15, -0.1) is 5.10 Å². The van der Waals surface area contributed by atoms with Crippen LogP contribution < -0.4 is 19.5 Å². The van der Waals surface area contributed by atoms with Gasteiger partial charge in [0.1, 0.15) is 31.9 Å². The van der Waals surface area contributed by atoms with Crippen LogP contribution in [0.25, 0.3) is 11.4 Å². The van der Waals surface area contributed by atoms with Gasteiger partial charge in [-0.3, -0.25) is 9.47 Å². The molecule has 1 aliphatic heterocycles. The van der Waals surface area contributed by atoms with E-state index >= 15 is 0 Å². The fourth-order valence-corrected chi connectivity index (χ4v) is 4.34. The van der Waals surface area contributed by atoms with Gasteiger partial charge in [0.15, 0.2) is 12.5 Å². The molecule has 0 unspecified atom stereocenters.